The molecule has 0 saturated carbocycles. The lowest BCUT2D eigenvalue weighted by atomic mass is 9.98. The monoisotopic (exact) mass is 342 g/mol. The van der Waals surface area contributed by atoms with Crippen LogP contribution in [0.1, 0.15) is 29.6 Å². The second kappa shape index (κ2) is 7.55. The summed E-state index contributed by atoms with van der Waals surface area (Å²) in [7, 11) is 5.50. The molecular weight excluding hydrogens is 316 g/mol. The van der Waals surface area contributed by atoms with Crippen LogP contribution >= 0.6 is 0 Å². The molecule has 7 nitrogen and oxygen atoms in total. The number of aryl methyl sites for hydroxylation is 1. The van der Waals surface area contributed by atoms with Crippen LogP contribution in [0.15, 0.2) is 29.3 Å². The first-order valence-electron chi connectivity index (χ1n) is 8.56. The number of methoxy groups -OCH3 is 1. The molecule has 3 rings (SSSR count). The standard InChI is InChI=1S/C18H26N6O/c1-13-21-22-17(23(13)3)11-20-18(19-2)24-10-9-15(12-24)14-5-7-16(25-4)8-6-14/h5-8,15H,9-12H2,1-4H3,(H,19,20). The van der Waals surface area contributed by atoms with Crippen LogP contribution in [0.5, 0.6) is 5.75 Å². The van der Waals surface area contributed by atoms with E-state index in [0.717, 1.165) is 42.9 Å². The average Bonchev–Trinajstić information content (AvgIpc) is 3.25. The van der Waals surface area contributed by atoms with Gasteiger partial charge >= 0.3 is 0 Å². The van der Waals surface area contributed by atoms with Gasteiger partial charge in [0.15, 0.2) is 11.8 Å². The van der Waals surface area contributed by atoms with Crippen molar-refractivity contribution in [1.82, 2.24) is 25.0 Å². The Morgan fingerprint density at radius 2 is 2.08 bits per heavy atom. The molecule has 0 radical (unpaired) electrons. The summed E-state index contributed by atoms with van der Waals surface area (Å²) in [6, 6.07) is 8.37. The third kappa shape index (κ3) is 3.75. The number of hydrogen-bond donors (Lipinski definition) is 1. The molecule has 1 atom stereocenters. The third-order valence-electron chi connectivity index (χ3n) is 4.87. The van der Waals surface area contributed by atoms with Gasteiger partial charge in [-0.1, -0.05) is 12.1 Å². The Morgan fingerprint density at radius 3 is 2.68 bits per heavy atom. The summed E-state index contributed by atoms with van der Waals surface area (Å²) in [5, 5.41) is 11.7. The first kappa shape index (κ1) is 17.3. The molecule has 7 heteroatoms. The molecule has 0 amide bonds. The lowest BCUT2D eigenvalue weighted by molar-refractivity contribution is 0.414. The van der Waals surface area contributed by atoms with E-state index in [-0.39, 0.29) is 0 Å². The molecule has 0 spiro atoms. The van der Waals surface area contributed by atoms with Gasteiger partial charge in [0.05, 0.1) is 13.7 Å². The van der Waals surface area contributed by atoms with Crippen molar-refractivity contribution in [3.8, 4) is 5.75 Å². The van der Waals surface area contributed by atoms with Crippen LogP contribution in [0.4, 0.5) is 0 Å². The van der Waals surface area contributed by atoms with Gasteiger partial charge in [0.25, 0.3) is 0 Å². The van der Waals surface area contributed by atoms with Crippen molar-refractivity contribution in [2.45, 2.75) is 25.8 Å². The van der Waals surface area contributed by atoms with Crippen molar-refractivity contribution in [3.05, 3.63) is 41.5 Å². The average molecular weight is 342 g/mol. The normalized spacial score (nSPS) is 17.8. The Hall–Kier alpha value is -2.57. The molecular formula is C18H26N6O. The van der Waals surface area contributed by atoms with E-state index in [1.807, 2.05) is 37.7 Å². The Bertz CT molecular complexity index is 737. The number of aromatic nitrogens is 3. The molecule has 1 unspecified atom stereocenters. The third-order valence-corrected chi connectivity index (χ3v) is 4.87. The van der Waals surface area contributed by atoms with E-state index in [1.165, 1.54) is 5.56 Å². The number of guanidine groups is 1. The van der Waals surface area contributed by atoms with Crippen molar-refractivity contribution in [2.75, 3.05) is 27.2 Å². The predicted molar refractivity (Wildman–Crippen MR) is 97.9 cm³/mol. The number of likely N-dealkylation sites (tertiary alicyclic amines) is 1. The summed E-state index contributed by atoms with van der Waals surface area (Å²) in [5.41, 5.74) is 1.35. The number of benzene rings is 1. The van der Waals surface area contributed by atoms with Gasteiger partial charge in [-0.25, -0.2) is 0 Å². The van der Waals surface area contributed by atoms with Crippen LogP contribution < -0.4 is 10.1 Å². The minimum Gasteiger partial charge on any atom is -0.497 e. The molecule has 1 aliphatic heterocycles. The number of nitrogens with zero attached hydrogens (tertiary/aromatic N) is 5. The van der Waals surface area contributed by atoms with Gasteiger partial charge in [-0.15, -0.1) is 10.2 Å². The molecule has 0 aliphatic carbocycles. The van der Waals surface area contributed by atoms with Gasteiger partial charge < -0.3 is 19.5 Å². The zero-order valence-corrected chi connectivity index (χ0v) is 15.4. The van der Waals surface area contributed by atoms with Gasteiger partial charge in [0.1, 0.15) is 11.6 Å². The van der Waals surface area contributed by atoms with Gasteiger partial charge in [-0.3, -0.25) is 4.99 Å². The molecule has 1 aromatic carbocycles. The van der Waals surface area contributed by atoms with E-state index >= 15 is 0 Å². The number of rotatable bonds is 4. The van der Waals surface area contributed by atoms with Gasteiger partial charge in [-0.2, -0.15) is 0 Å². The highest BCUT2D eigenvalue weighted by molar-refractivity contribution is 5.80. The lowest BCUT2D eigenvalue weighted by Crippen LogP contribution is -2.40. The van der Waals surface area contributed by atoms with Crippen LogP contribution in [0, 0.1) is 6.92 Å². The topological polar surface area (TPSA) is 67.6 Å². The number of nitrogens with one attached hydrogen (secondary N) is 1. The highest BCUT2D eigenvalue weighted by Crippen LogP contribution is 2.28. The number of hydrogen-bond acceptors (Lipinski definition) is 4. The molecule has 1 fully saturated rings. The number of aliphatic imine (C=N–C) groups is 1. The summed E-state index contributed by atoms with van der Waals surface area (Å²) >= 11 is 0. The van der Waals surface area contributed by atoms with E-state index in [4.69, 9.17) is 4.74 Å². The van der Waals surface area contributed by atoms with Crippen LogP contribution in [0.2, 0.25) is 0 Å². The molecule has 134 valence electrons. The quantitative estimate of drug-likeness (QED) is 0.677. The lowest BCUT2D eigenvalue weighted by Gasteiger charge is -2.21. The van der Waals surface area contributed by atoms with Gasteiger partial charge in [-0.05, 0) is 31.0 Å². The van der Waals surface area contributed by atoms with Gasteiger partial charge in [0, 0.05) is 33.1 Å². The second-order valence-corrected chi connectivity index (χ2v) is 6.33. The summed E-state index contributed by atoms with van der Waals surface area (Å²) in [4.78, 5) is 6.73. The van der Waals surface area contributed by atoms with Crippen LogP contribution in [-0.2, 0) is 13.6 Å². The second-order valence-electron chi connectivity index (χ2n) is 6.33. The summed E-state index contributed by atoms with van der Waals surface area (Å²) in [6.07, 6.45) is 1.12. The first-order valence-corrected chi connectivity index (χ1v) is 8.56. The summed E-state index contributed by atoms with van der Waals surface area (Å²) < 4.78 is 7.23. The molecule has 25 heavy (non-hydrogen) atoms. The van der Waals surface area contributed by atoms with Crippen LogP contribution in [-0.4, -0.2) is 52.9 Å². The Kier molecular flexibility index (Phi) is 5.21. The largest absolute Gasteiger partial charge is 0.497 e. The SMILES string of the molecule is CN=C(NCc1nnc(C)n1C)N1CCC(c2ccc(OC)cc2)C1. The van der Waals surface area contributed by atoms with Crippen LogP contribution in [0.3, 0.4) is 0 Å². The van der Waals surface area contributed by atoms with E-state index < -0.39 is 0 Å². The highest BCUT2D eigenvalue weighted by atomic mass is 16.5. The fraction of sp³-hybridized carbons (Fsp3) is 0.500. The van der Waals surface area contributed by atoms with E-state index in [0.29, 0.717) is 12.5 Å². The van der Waals surface area contributed by atoms with E-state index in [1.54, 1.807) is 7.11 Å². The van der Waals surface area contributed by atoms with Crippen molar-refractivity contribution in [3.63, 3.8) is 0 Å². The number of ether oxygens (including phenoxy) is 1. The predicted octanol–water partition coefficient (Wildman–Crippen LogP) is 1.70. The fourth-order valence-electron chi connectivity index (χ4n) is 3.20. The molecule has 2 aromatic rings. The molecule has 2 heterocycles. The highest BCUT2D eigenvalue weighted by Gasteiger charge is 2.26. The van der Waals surface area contributed by atoms with Crippen molar-refractivity contribution in [1.29, 1.82) is 0 Å². The van der Waals surface area contributed by atoms with Crippen molar-refractivity contribution in [2.24, 2.45) is 12.0 Å². The van der Waals surface area contributed by atoms with E-state index in [2.05, 4.69) is 37.5 Å². The maximum absolute atomic E-state index is 5.24. The zero-order chi connectivity index (χ0) is 17.8. The minimum atomic E-state index is 0.515. The summed E-state index contributed by atoms with van der Waals surface area (Å²) in [5.74, 6) is 4.14. The maximum Gasteiger partial charge on any atom is 0.194 e. The van der Waals surface area contributed by atoms with E-state index in [9.17, 15) is 0 Å². The minimum absolute atomic E-state index is 0.515. The van der Waals surface area contributed by atoms with Crippen molar-refractivity contribution < 1.29 is 4.74 Å². The molecule has 1 saturated heterocycles. The Morgan fingerprint density at radius 1 is 1.32 bits per heavy atom. The zero-order valence-electron chi connectivity index (χ0n) is 15.4. The summed E-state index contributed by atoms with van der Waals surface area (Å²) in [6.45, 7) is 4.52. The fourth-order valence-corrected chi connectivity index (χ4v) is 3.20. The smallest absolute Gasteiger partial charge is 0.194 e. The first-order chi connectivity index (χ1) is 12.1. The molecule has 1 aliphatic rings. The Balaban J connectivity index is 1.60. The Labute approximate surface area is 148 Å². The van der Waals surface area contributed by atoms with Crippen molar-refractivity contribution >= 4 is 5.96 Å². The van der Waals surface area contributed by atoms with Crippen LogP contribution in [0.25, 0.3) is 0 Å². The van der Waals surface area contributed by atoms with Gasteiger partial charge in [0.2, 0.25) is 0 Å². The molecule has 1 N–H and O–H groups in total. The molecule has 1 aromatic heterocycles. The maximum atomic E-state index is 5.24. The molecule has 0 bridgehead atoms.